The molecule has 0 N–H and O–H groups in total. The molecule has 7 aromatic rings. The molecule has 0 amide bonds. The first-order valence-corrected chi connectivity index (χ1v) is 12.8. The lowest BCUT2D eigenvalue weighted by molar-refractivity contribution is 1.07. The third-order valence-corrected chi connectivity index (χ3v) is 6.96. The van der Waals surface area contributed by atoms with Crippen LogP contribution in [-0.4, -0.2) is 19.5 Å². The fourth-order valence-electron chi connectivity index (χ4n) is 5.02. The topological polar surface area (TPSA) is 43.6 Å². The number of para-hydroxylation sites is 1. The molecule has 0 aliphatic rings. The van der Waals surface area contributed by atoms with Gasteiger partial charge in [-0.15, -0.1) is 0 Å². The zero-order valence-electron chi connectivity index (χ0n) is 20.3. The zero-order valence-corrected chi connectivity index (χ0v) is 21.0. The highest BCUT2D eigenvalue weighted by Crippen LogP contribution is 2.36. The molecule has 0 atom stereocenters. The van der Waals surface area contributed by atoms with Gasteiger partial charge in [0.1, 0.15) is 0 Å². The van der Waals surface area contributed by atoms with Gasteiger partial charge >= 0.3 is 0 Å². The molecule has 0 radical (unpaired) electrons. The number of nitrogens with zero attached hydrogens (tertiary/aromatic N) is 4. The Bertz CT molecular complexity index is 1910. The first kappa shape index (κ1) is 22.4. The molecule has 5 heteroatoms. The van der Waals surface area contributed by atoms with E-state index >= 15 is 0 Å². The minimum Gasteiger partial charge on any atom is -0.309 e. The number of fused-ring (bicyclic) bond motifs is 3. The summed E-state index contributed by atoms with van der Waals surface area (Å²) >= 11 is 6.37. The number of rotatable bonds is 4. The van der Waals surface area contributed by atoms with Crippen LogP contribution in [0.5, 0.6) is 0 Å². The molecule has 0 saturated heterocycles. The van der Waals surface area contributed by atoms with Crippen LogP contribution in [0, 0.1) is 0 Å². The van der Waals surface area contributed by atoms with Crippen LogP contribution in [0.2, 0.25) is 5.28 Å². The summed E-state index contributed by atoms with van der Waals surface area (Å²) in [5.74, 6) is 1.09. The van der Waals surface area contributed by atoms with E-state index in [0.29, 0.717) is 11.6 Å². The highest BCUT2D eigenvalue weighted by Gasteiger charge is 2.16. The Morgan fingerprint density at radius 3 is 1.58 bits per heavy atom. The van der Waals surface area contributed by atoms with E-state index in [-0.39, 0.29) is 5.28 Å². The molecule has 2 aromatic heterocycles. The monoisotopic (exact) mass is 508 g/mol. The summed E-state index contributed by atoms with van der Waals surface area (Å²) in [5.41, 5.74) is 7.44. The summed E-state index contributed by atoms with van der Waals surface area (Å²) in [7, 11) is 0. The molecular formula is C33H21ClN4. The van der Waals surface area contributed by atoms with Crippen molar-refractivity contribution in [3.8, 4) is 39.6 Å². The van der Waals surface area contributed by atoms with Gasteiger partial charge in [-0.1, -0.05) is 103 Å². The van der Waals surface area contributed by atoms with Crippen molar-refractivity contribution in [2.24, 2.45) is 0 Å². The Kier molecular flexibility index (Phi) is 5.46. The highest BCUT2D eigenvalue weighted by molar-refractivity contribution is 6.28. The van der Waals surface area contributed by atoms with Crippen molar-refractivity contribution in [1.82, 2.24) is 19.5 Å². The molecule has 0 aliphatic heterocycles. The molecule has 0 bridgehead atoms. The van der Waals surface area contributed by atoms with Gasteiger partial charge in [0.15, 0.2) is 11.6 Å². The fourth-order valence-corrected chi connectivity index (χ4v) is 5.18. The van der Waals surface area contributed by atoms with E-state index in [4.69, 9.17) is 16.6 Å². The van der Waals surface area contributed by atoms with E-state index < -0.39 is 0 Å². The zero-order chi connectivity index (χ0) is 25.5. The van der Waals surface area contributed by atoms with Crippen molar-refractivity contribution in [3.63, 3.8) is 0 Å². The molecule has 0 spiro atoms. The Morgan fingerprint density at radius 1 is 0.447 bits per heavy atom. The molecule has 4 nitrogen and oxygen atoms in total. The van der Waals surface area contributed by atoms with Crippen molar-refractivity contribution in [2.75, 3.05) is 0 Å². The molecule has 0 fully saturated rings. The summed E-state index contributed by atoms with van der Waals surface area (Å²) in [6.45, 7) is 0. The molecule has 0 unspecified atom stereocenters. The molecule has 2 heterocycles. The highest BCUT2D eigenvalue weighted by atomic mass is 35.5. The minimum atomic E-state index is 0.171. The third-order valence-electron chi connectivity index (χ3n) is 6.79. The summed E-state index contributed by atoms with van der Waals surface area (Å²) in [4.78, 5) is 13.6. The molecule has 0 saturated carbocycles. The van der Waals surface area contributed by atoms with Gasteiger partial charge < -0.3 is 4.57 Å². The van der Waals surface area contributed by atoms with Crippen LogP contribution < -0.4 is 0 Å². The molecule has 0 aliphatic carbocycles. The fraction of sp³-hybridized carbons (Fsp3) is 0. The maximum Gasteiger partial charge on any atom is 0.226 e. The van der Waals surface area contributed by atoms with Crippen molar-refractivity contribution in [3.05, 3.63) is 133 Å². The van der Waals surface area contributed by atoms with E-state index in [0.717, 1.165) is 33.2 Å². The van der Waals surface area contributed by atoms with Gasteiger partial charge in [-0.3, -0.25) is 0 Å². The van der Waals surface area contributed by atoms with E-state index in [1.165, 1.54) is 16.5 Å². The molecule has 5 aromatic carbocycles. The molecule has 38 heavy (non-hydrogen) atoms. The third kappa shape index (κ3) is 3.92. The van der Waals surface area contributed by atoms with Gasteiger partial charge in [-0.05, 0) is 47.0 Å². The van der Waals surface area contributed by atoms with Crippen molar-refractivity contribution < 1.29 is 0 Å². The van der Waals surface area contributed by atoms with Gasteiger partial charge in [0.25, 0.3) is 0 Å². The predicted octanol–water partition coefficient (Wildman–Crippen LogP) is 8.62. The Morgan fingerprint density at radius 2 is 0.947 bits per heavy atom. The smallest absolute Gasteiger partial charge is 0.226 e. The first-order chi connectivity index (χ1) is 18.7. The average Bonchev–Trinajstić information content (AvgIpc) is 3.31. The Labute approximate surface area is 224 Å². The average molecular weight is 509 g/mol. The largest absolute Gasteiger partial charge is 0.309 e. The van der Waals surface area contributed by atoms with Gasteiger partial charge in [0.2, 0.25) is 5.28 Å². The van der Waals surface area contributed by atoms with Crippen LogP contribution >= 0.6 is 11.6 Å². The van der Waals surface area contributed by atoms with Gasteiger partial charge in [0.05, 0.1) is 11.0 Å². The Balaban J connectivity index is 1.47. The number of halogens is 1. The lowest BCUT2D eigenvalue weighted by Crippen LogP contribution is -1.98. The second-order valence-electron chi connectivity index (χ2n) is 9.12. The van der Waals surface area contributed by atoms with Gasteiger partial charge in [0, 0.05) is 27.6 Å². The normalized spacial score (nSPS) is 11.3. The summed E-state index contributed by atoms with van der Waals surface area (Å²) < 4.78 is 2.31. The number of benzene rings is 5. The number of hydrogen-bond donors (Lipinski definition) is 0. The maximum atomic E-state index is 6.37. The van der Waals surface area contributed by atoms with E-state index in [2.05, 4.69) is 99.5 Å². The molecule has 7 rings (SSSR count). The van der Waals surface area contributed by atoms with Crippen molar-refractivity contribution >= 4 is 33.4 Å². The van der Waals surface area contributed by atoms with Crippen LogP contribution in [0.4, 0.5) is 0 Å². The summed E-state index contributed by atoms with van der Waals surface area (Å²) in [6.07, 6.45) is 0. The lowest BCUT2D eigenvalue weighted by Gasteiger charge is -2.10. The maximum absolute atomic E-state index is 6.37. The van der Waals surface area contributed by atoms with Gasteiger partial charge in [-0.2, -0.15) is 9.97 Å². The van der Waals surface area contributed by atoms with Crippen molar-refractivity contribution in [1.29, 1.82) is 0 Å². The second-order valence-corrected chi connectivity index (χ2v) is 9.46. The van der Waals surface area contributed by atoms with Crippen LogP contribution in [0.3, 0.4) is 0 Å². The SMILES string of the molecule is Clc1nc(-c2ccccc2)nc(-c2ccc3c4ccc(-c5ccccc5)cc4n(-c4ccccc4)c3c2)n1. The van der Waals surface area contributed by atoms with Crippen LogP contribution in [0.1, 0.15) is 0 Å². The van der Waals surface area contributed by atoms with Gasteiger partial charge in [-0.25, -0.2) is 4.98 Å². The second kappa shape index (κ2) is 9.25. The van der Waals surface area contributed by atoms with Crippen LogP contribution in [0.25, 0.3) is 61.4 Å². The summed E-state index contributed by atoms with van der Waals surface area (Å²) in [6, 6.07) is 43.8. The lowest BCUT2D eigenvalue weighted by atomic mass is 10.0. The molecular weight excluding hydrogens is 488 g/mol. The minimum absolute atomic E-state index is 0.171. The van der Waals surface area contributed by atoms with Crippen LogP contribution in [0.15, 0.2) is 127 Å². The number of hydrogen-bond acceptors (Lipinski definition) is 3. The molecule has 180 valence electrons. The quantitative estimate of drug-likeness (QED) is 0.239. The number of aromatic nitrogens is 4. The Hall–Kier alpha value is -4.80. The first-order valence-electron chi connectivity index (χ1n) is 12.4. The van der Waals surface area contributed by atoms with E-state index in [1.54, 1.807) is 0 Å². The predicted molar refractivity (Wildman–Crippen MR) is 155 cm³/mol. The van der Waals surface area contributed by atoms with Crippen LogP contribution in [-0.2, 0) is 0 Å². The van der Waals surface area contributed by atoms with E-state index in [1.807, 2.05) is 42.5 Å². The summed E-state index contributed by atoms with van der Waals surface area (Å²) in [5, 5.41) is 2.52. The van der Waals surface area contributed by atoms with Crippen molar-refractivity contribution in [2.45, 2.75) is 0 Å². The van der Waals surface area contributed by atoms with E-state index in [9.17, 15) is 0 Å². The standard InChI is InChI=1S/C33H21ClN4/c34-33-36-31(23-12-6-2-7-13-23)35-32(37-33)25-17-19-28-27-18-16-24(22-10-4-1-5-11-22)20-29(27)38(30(28)21-25)26-14-8-3-9-15-26/h1-21H.